The number of carbonyl (C=O) groups excluding carboxylic acids is 1. The molecule has 2 aromatic carbocycles. The van der Waals surface area contributed by atoms with Crippen molar-refractivity contribution in [2.45, 2.75) is 38.6 Å². The van der Waals surface area contributed by atoms with E-state index in [-0.39, 0.29) is 30.2 Å². The van der Waals surface area contributed by atoms with Crippen LogP contribution in [0.1, 0.15) is 31.7 Å². The van der Waals surface area contributed by atoms with Gasteiger partial charge in [-0.1, -0.05) is 37.3 Å². The lowest BCUT2D eigenvalue weighted by Gasteiger charge is -2.38. The molecule has 5 heteroatoms. The Hall–Kier alpha value is -1.91. The lowest BCUT2D eigenvalue weighted by atomic mass is 10.0. The van der Waals surface area contributed by atoms with Gasteiger partial charge in [-0.25, -0.2) is 4.39 Å². The molecule has 0 N–H and O–H groups in total. The first-order valence-corrected chi connectivity index (χ1v) is 9.51. The van der Waals surface area contributed by atoms with Crippen molar-refractivity contribution in [2.24, 2.45) is 0 Å². The molecule has 3 rings (SSSR count). The zero-order valence-corrected chi connectivity index (χ0v) is 16.6. The highest BCUT2D eigenvalue weighted by Gasteiger charge is 2.28. The molecule has 0 spiro atoms. The zero-order valence-electron chi connectivity index (χ0n) is 15.8. The number of benzene rings is 2. The van der Waals surface area contributed by atoms with Crippen LogP contribution in [-0.4, -0.2) is 36.5 Å². The fraction of sp³-hybridized carbons (Fsp3) is 0.409. The molecule has 146 valence electrons. The van der Waals surface area contributed by atoms with Crippen LogP contribution in [0.25, 0.3) is 0 Å². The Morgan fingerprint density at radius 1 is 1.11 bits per heavy atom. The predicted octanol–water partition coefficient (Wildman–Crippen LogP) is 4.70. The minimum atomic E-state index is -0.169. The van der Waals surface area contributed by atoms with Crippen LogP contribution in [0.15, 0.2) is 54.6 Å². The van der Waals surface area contributed by atoms with Gasteiger partial charge < -0.3 is 9.80 Å². The van der Waals surface area contributed by atoms with Crippen molar-refractivity contribution < 1.29 is 9.18 Å². The van der Waals surface area contributed by atoms with Gasteiger partial charge in [-0.15, -0.1) is 12.4 Å². The third-order valence-corrected chi connectivity index (χ3v) is 5.13. The SMILES string of the molecule is CCC(=O)N(c1ccccc1)C1CCN(CCc2cccc(F)c2)CC1.Cl. The van der Waals surface area contributed by atoms with Crippen molar-refractivity contribution in [1.29, 1.82) is 0 Å². The van der Waals surface area contributed by atoms with Crippen molar-refractivity contribution in [1.82, 2.24) is 4.90 Å². The Labute approximate surface area is 167 Å². The third-order valence-electron chi connectivity index (χ3n) is 5.13. The highest BCUT2D eigenvalue weighted by atomic mass is 35.5. The summed E-state index contributed by atoms with van der Waals surface area (Å²) in [4.78, 5) is 16.9. The van der Waals surface area contributed by atoms with Crippen LogP contribution in [0.4, 0.5) is 10.1 Å². The smallest absolute Gasteiger partial charge is 0.226 e. The molecule has 2 aromatic rings. The molecule has 1 heterocycles. The van der Waals surface area contributed by atoms with E-state index in [1.165, 1.54) is 6.07 Å². The number of nitrogens with zero attached hydrogens (tertiary/aromatic N) is 2. The van der Waals surface area contributed by atoms with E-state index in [4.69, 9.17) is 0 Å². The lowest BCUT2D eigenvalue weighted by Crippen LogP contribution is -2.47. The van der Waals surface area contributed by atoms with Crippen LogP contribution in [0.3, 0.4) is 0 Å². The molecular formula is C22H28ClFN2O. The van der Waals surface area contributed by atoms with E-state index in [9.17, 15) is 9.18 Å². The second-order valence-electron chi connectivity index (χ2n) is 6.91. The number of hydrogen-bond donors (Lipinski definition) is 0. The summed E-state index contributed by atoms with van der Waals surface area (Å²) in [5, 5.41) is 0. The Kier molecular flexibility index (Phi) is 8.26. The maximum atomic E-state index is 13.3. The van der Waals surface area contributed by atoms with Gasteiger partial charge in [0.2, 0.25) is 5.91 Å². The van der Waals surface area contributed by atoms with Crippen molar-refractivity contribution in [2.75, 3.05) is 24.5 Å². The van der Waals surface area contributed by atoms with Gasteiger partial charge in [-0.3, -0.25) is 4.79 Å². The van der Waals surface area contributed by atoms with Gasteiger partial charge in [-0.2, -0.15) is 0 Å². The molecule has 0 atom stereocenters. The average Bonchev–Trinajstić information content (AvgIpc) is 2.68. The molecule has 1 fully saturated rings. The fourth-order valence-corrected chi connectivity index (χ4v) is 3.70. The van der Waals surface area contributed by atoms with Crippen LogP contribution in [0.5, 0.6) is 0 Å². The number of halogens is 2. The highest BCUT2D eigenvalue weighted by molar-refractivity contribution is 5.93. The Bertz CT molecular complexity index is 717. The minimum Gasteiger partial charge on any atom is -0.309 e. The summed E-state index contributed by atoms with van der Waals surface area (Å²) in [6, 6.07) is 17.1. The molecule has 1 aliphatic rings. The van der Waals surface area contributed by atoms with Gasteiger partial charge in [0, 0.05) is 37.8 Å². The number of amides is 1. The van der Waals surface area contributed by atoms with E-state index in [2.05, 4.69) is 4.90 Å². The summed E-state index contributed by atoms with van der Waals surface area (Å²) in [7, 11) is 0. The van der Waals surface area contributed by atoms with Crippen molar-refractivity contribution in [3.8, 4) is 0 Å². The molecule has 27 heavy (non-hydrogen) atoms. The number of para-hydroxylation sites is 1. The molecule has 1 saturated heterocycles. The average molecular weight is 391 g/mol. The number of hydrogen-bond acceptors (Lipinski definition) is 2. The van der Waals surface area contributed by atoms with E-state index in [1.807, 2.05) is 48.2 Å². The summed E-state index contributed by atoms with van der Waals surface area (Å²) in [6.07, 6.45) is 3.33. The Morgan fingerprint density at radius 2 is 1.81 bits per heavy atom. The molecule has 1 amide bonds. The van der Waals surface area contributed by atoms with E-state index in [1.54, 1.807) is 12.1 Å². The number of carbonyl (C=O) groups is 1. The molecule has 3 nitrogen and oxygen atoms in total. The summed E-state index contributed by atoms with van der Waals surface area (Å²) < 4.78 is 13.3. The summed E-state index contributed by atoms with van der Waals surface area (Å²) in [5.41, 5.74) is 2.04. The van der Waals surface area contributed by atoms with Crippen LogP contribution in [-0.2, 0) is 11.2 Å². The van der Waals surface area contributed by atoms with Gasteiger partial charge >= 0.3 is 0 Å². The minimum absolute atomic E-state index is 0. The van der Waals surface area contributed by atoms with E-state index < -0.39 is 0 Å². The second kappa shape index (κ2) is 10.4. The van der Waals surface area contributed by atoms with E-state index in [0.717, 1.165) is 50.1 Å². The third kappa shape index (κ3) is 5.78. The molecule has 0 unspecified atom stereocenters. The van der Waals surface area contributed by atoms with Crippen LogP contribution in [0, 0.1) is 5.82 Å². The molecule has 0 radical (unpaired) electrons. The largest absolute Gasteiger partial charge is 0.309 e. The predicted molar refractivity (Wildman–Crippen MR) is 111 cm³/mol. The maximum absolute atomic E-state index is 13.3. The molecule has 0 bridgehead atoms. The number of piperidine rings is 1. The quantitative estimate of drug-likeness (QED) is 0.713. The number of likely N-dealkylation sites (tertiary alicyclic amines) is 1. The van der Waals surface area contributed by atoms with Crippen molar-refractivity contribution >= 4 is 24.0 Å². The van der Waals surface area contributed by atoms with Crippen LogP contribution >= 0.6 is 12.4 Å². The monoisotopic (exact) mass is 390 g/mol. The molecule has 0 aromatic heterocycles. The first-order valence-electron chi connectivity index (χ1n) is 9.51. The zero-order chi connectivity index (χ0) is 18.4. The lowest BCUT2D eigenvalue weighted by molar-refractivity contribution is -0.119. The summed E-state index contributed by atoms with van der Waals surface area (Å²) in [5.74, 6) is 0.0206. The van der Waals surface area contributed by atoms with Crippen LogP contribution < -0.4 is 4.90 Å². The Morgan fingerprint density at radius 3 is 2.44 bits per heavy atom. The van der Waals surface area contributed by atoms with Gasteiger partial charge in [0.25, 0.3) is 0 Å². The highest BCUT2D eigenvalue weighted by Crippen LogP contribution is 2.24. The molecule has 1 aliphatic heterocycles. The normalized spacial score (nSPS) is 15.2. The number of anilines is 1. The van der Waals surface area contributed by atoms with Crippen molar-refractivity contribution in [3.05, 3.63) is 66.0 Å². The maximum Gasteiger partial charge on any atom is 0.226 e. The fourth-order valence-electron chi connectivity index (χ4n) is 3.70. The van der Waals surface area contributed by atoms with Gasteiger partial charge in [-0.05, 0) is 49.1 Å². The summed E-state index contributed by atoms with van der Waals surface area (Å²) >= 11 is 0. The van der Waals surface area contributed by atoms with Gasteiger partial charge in [0.05, 0.1) is 0 Å². The van der Waals surface area contributed by atoms with E-state index in [0.29, 0.717) is 6.42 Å². The van der Waals surface area contributed by atoms with Gasteiger partial charge in [0.15, 0.2) is 0 Å². The number of rotatable bonds is 6. The first-order chi connectivity index (χ1) is 12.7. The Balaban J connectivity index is 0.00000261. The van der Waals surface area contributed by atoms with Gasteiger partial charge in [0.1, 0.15) is 5.82 Å². The first kappa shape index (κ1) is 21.4. The van der Waals surface area contributed by atoms with Crippen molar-refractivity contribution in [3.63, 3.8) is 0 Å². The summed E-state index contributed by atoms with van der Waals surface area (Å²) in [6.45, 7) is 4.80. The molecule has 0 aliphatic carbocycles. The second-order valence-corrected chi connectivity index (χ2v) is 6.91. The topological polar surface area (TPSA) is 23.6 Å². The van der Waals surface area contributed by atoms with E-state index >= 15 is 0 Å². The van der Waals surface area contributed by atoms with Crippen LogP contribution in [0.2, 0.25) is 0 Å². The molecule has 0 saturated carbocycles. The molecular weight excluding hydrogens is 363 g/mol. The standard InChI is InChI=1S/C22H27FN2O.ClH/c1-2-22(26)25(20-9-4-3-5-10-20)21-12-15-24(16-13-21)14-11-18-7-6-8-19(23)17-18;/h3-10,17,21H,2,11-16H2,1H3;1H.